The van der Waals surface area contributed by atoms with Gasteiger partial charge in [0.1, 0.15) is 22.4 Å². The van der Waals surface area contributed by atoms with Gasteiger partial charge in [-0.2, -0.15) is 0 Å². The first-order chi connectivity index (χ1) is 13.3. The number of anilines is 1. The summed E-state index contributed by atoms with van der Waals surface area (Å²) in [6.07, 6.45) is 3.80. The molecular weight excluding hydrogens is 402 g/mol. The third-order valence-electron chi connectivity index (χ3n) is 4.81. The molecule has 0 amide bonds. The van der Waals surface area contributed by atoms with Gasteiger partial charge in [0.05, 0.1) is 33.0 Å². The minimum atomic E-state index is -1.65. The lowest BCUT2D eigenvalue weighted by atomic mass is 9.74. The Morgan fingerprint density at radius 3 is 2.82 bits per heavy atom. The second-order valence-electron chi connectivity index (χ2n) is 6.77. The minimum Gasteiger partial charge on any atom is -0.396 e. The molecule has 1 aliphatic rings. The number of aryl methyl sites for hydroxylation is 1. The summed E-state index contributed by atoms with van der Waals surface area (Å²) in [4.78, 5) is 17.3. The Kier molecular flexibility index (Phi) is 4.88. The number of pyridine rings is 1. The third-order valence-corrected chi connectivity index (χ3v) is 6.56. The zero-order valence-corrected chi connectivity index (χ0v) is 16.8. The molecule has 4 N–H and O–H groups in total. The Hall–Kier alpha value is -2.05. The van der Waals surface area contributed by atoms with E-state index in [4.69, 9.17) is 0 Å². The van der Waals surface area contributed by atoms with Crippen LogP contribution in [0.4, 0.5) is 5.82 Å². The Bertz CT molecular complexity index is 1040. The summed E-state index contributed by atoms with van der Waals surface area (Å²) in [7, 11) is -1.43. The molecule has 0 bridgehead atoms. The van der Waals surface area contributed by atoms with Crippen molar-refractivity contribution in [1.29, 1.82) is 0 Å². The van der Waals surface area contributed by atoms with Gasteiger partial charge in [-0.15, -0.1) is 11.3 Å². The van der Waals surface area contributed by atoms with Crippen molar-refractivity contribution in [3.05, 3.63) is 24.2 Å². The lowest BCUT2D eigenvalue weighted by Gasteiger charge is -2.48. The van der Waals surface area contributed by atoms with Crippen LogP contribution in [0.3, 0.4) is 0 Å². The molecule has 0 saturated heterocycles. The second kappa shape index (κ2) is 7.08. The predicted molar refractivity (Wildman–Crippen MR) is 105 cm³/mol. The summed E-state index contributed by atoms with van der Waals surface area (Å²) in [6, 6.07) is 1.85. The second-order valence-corrected chi connectivity index (χ2v) is 9.08. The number of rotatable bonds is 5. The predicted octanol–water partition coefficient (Wildman–Crippen LogP) is 0.668. The zero-order valence-electron chi connectivity index (χ0n) is 15.2. The number of thiazole rings is 1. The number of nitrogens with one attached hydrogen (secondary N) is 1. The Morgan fingerprint density at radius 2 is 2.18 bits per heavy atom. The van der Waals surface area contributed by atoms with E-state index in [-0.39, 0.29) is 24.0 Å². The highest BCUT2D eigenvalue weighted by Gasteiger charge is 2.52. The summed E-state index contributed by atoms with van der Waals surface area (Å²) in [6.45, 7) is 1.52. The van der Waals surface area contributed by atoms with Gasteiger partial charge in [0.25, 0.3) is 0 Å². The summed E-state index contributed by atoms with van der Waals surface area (Å²) < 4.78 is 12.9. The van der Waals surface area contributed by atoms with Crippen LogP contribution in [0.15, 0.2) is 23.6 Å². The summed E-state index contributed by atoms with van der Waals surface area (Å²) >= 11 is 1.42. The van der Waals surface area contributed by atoms with Crippen molar-refractivity contribution >= 4 is 38.2 Å². The van der Waals surface area contributed by atoms with E-state index in [1.165, 1.54) is 17.6 Å². The molecule has 28 heavy (non-hydrogen) atoms. The highest BCUT2D eigenvalue weighted by Crippen LogP contribution is 2.42. The van der Waals surface area contributed by atoms with Crippen LogP contribution in [0.5, 0.6) is 0 Å². The highest BCUT2D eigenvalue weighted by molar-refractivity contribution is 7.84. The maximum atomic E-state index is 11.9. The fourth-order valence-corrected chi connectivity index (χ4v) is 4.78. The number of hydrogen-bond donors (Lipinski definition) is 4. The summed E-state index contributed by atoms with van der Waals surface area (Å²) in [5, 5.41) is 33.8. The number of fused-ring (bicyclic) bond motifs is 1. The van der Waals surface area contributed by atoms with Crippen LogP contribution < -0.4 is 5.32 Å². The molecule has 0 aromatic carbocycles. The molecule has 0 aliphatic heterocycles. The lowest BCUT2D eigenvalue weighted by Crippen LogP contribution is -2.64. The Morgan fingerprint density at radius 1 is 1.39 bits per heavy atom. The number of hydrogen-bond acceptors (Lipinski definition) is 10. The third kappa shape index (κ3) is 3.18. The molecule has 3 aromatic heterocycles. The molecule has 1 aliphatic carbocycles. The van der Waals surface area contributed by atoms with E-state index in [0.717, 1.165) is 10.2 Å². The highest BCUT2D eigenvalue weighted by atomic mass is 32.2. The SMILES string of the molecule is Cc1nc(S(C)=O)nc(N[C@]2(O)C[C@H](CO)[C@H]2O)c1-c1nc2cnccc2s1. The van der Waals surface area contributed by atoms with Crippen LogP contribution in [-0.2, 0) is 10.8 Å². The molecule has 4 atom stereocenters. The standard InChI is InChI=1S/C17H19N5O4S2/c1-8-12(15-20-10-6-18-4-3-11(10)27-15)14(21-16(19-8)28(2)26)22-17(25)5-9(7-23)13(17)24/h3-4,6,9,13,23-25H,5,7H2,1-2H3,(H,19,21,22)/t9-,13-,17+,28?/m1/s1. The molecule has 0 spiro atoms. The van der Waals surface area contributed by atoms with E-state index in [9.17, 15) is 19.5 Å². The van der Waals surface area contributed by atoms with Gasteiger partial charge >= 0.3 is 0 Å². The van der Waals surface area contributed by atoms with E-state index in [0.29, 0.717) is 16.3 Å². The molecule has 3 heterocycles. The molecule has 4 rings (SSSR count). The first-order valence-corrected chi connectivity index (χ1v) is 10.9. The fraction of sp³-hybridized carbons (Fsp3) is 0.412. The van der Waals surface area contributed by atoms with Crippen molar-refractivity contribution in [1.82, 2.24) is 19.9 Å². The van der Waals surface area contributed by atoms with E-state index in [1.807, 2.05) is 6.07 Å². The molecule has 1 saturated carbocycles. The van der Waals surface area contributed by atoms with Gasteiger partial charge in [0.15, 0.2) is 5.72 Å². The van der Waals surface area contributed by atoms with Crippen LogP contribution in [0.25, 0.3) is 20.8 Å². The lowest BCUT2D eigenvalue weighted by molar-refractivity contribution is -0.177. The van der Waals surface area contributed by atoms with Crippen LogP contribution in [-0.4, -0.2) is 64.2 Å². The van der Waals surface area contributed by atoms with E-state index in [2.05, 4.69) is 25.3 Å². The largest absolute Gasteiger partial charge is 0.396 e. The van der Waals surface area contributed by atoms with Gasteiger partial charge in [-0.05, 0) is 13.0 Å². The smallest absolute Gasteiger partial charge is 0.220 e. The topological polar surface area (TPSA) is 141 Å². The van der Waals surface area contributed by atoms with Crippen molar-refractivity contribution in [3.8, 4) is 10.6 Å². The van der Waals surface area contributed by atoms with Crippen molar-refractivity contribution in [2.45, 2.75) is 30.3 Å². The number of aliphatic hydroxyl groups is 3. The van der Waals surface area contributed by atoms with E-state index >= 15 is 0 Å². The van der Waals surface area contributed by atoms with Crippen molar-refractivity contribution in [2.75, 3.05) is 18.2 Å². The Balaban J connectivity index is 1.82. The van der Waals surface area contributed by atoms with Crippen LogP contribution in [0.2, 0.25) is 0 Å². The number of aromatic nitrogens is 4. The van der Waals surface area contributed by atoms with Gasteiger partial charge in [-0.25, -0.2) is 15.0 Å². The fourth-order valence-electron chi connectivity index (χ4n) is 3.27. The molecule has 0 radical (unpaired) electrons. The van der Waals surface area contributed by atoms with Gasteiger partial charge in [-0.3, -0.25) is 9.19 Å². The number of nitrogens with zero attached hydrogens (tertiary/aromatic N) is 4. The molecule has 148 valence electrons. The minimum absolute atomic E-state index is 0.114. The van der Waals surface area contributed by atoms with Gasteiger partial charge in [0, 0.05) is 31.4 Å². The molecule has 1 unspecified atom stereocenters. The zero-order chi connectivity index (χ0) is 20.1. The monoisotopic (exact) mass is 421 g/mol. The molecule has 1 fully saturated rings. The maximum absolute atomic E-state index is 11.9. The van der Waals surface area contributed by atoms with Crippen molar-refractivity contribution < 1.29 is 19.5 Å². The first-order valence-electron chi connectivity index (χ1n) is 8.55. The van der Waals surface area contributed by atoms with Gasteiger partial charge in [-0.1, -0.05) is 0 Å². The molecule has 3 aromatic rings. The normalized spacial score (nSPS) is 25.5. The van der Waals surface area contributed by atoms with Crippen molar-refractivity contribution in [2.24, 2.45) is 5.92 Å². The summed E-state index contributed by atoms with van der Waals surface area (Å²) in [5.74, 6) is -0.181. The van der Waals surface area contributed by atoms with E-state index < -0.39 is 28.5 Å². The maximum Gasteiger partial charge on any atom is 0.220 e. The van der Waals surface area contributed by atoms with Crippen LogP contribution in [0, 0.1) is 12.8 Å². The average molecular weight is 422 g/mol. The molecular formula is C17H19N5O4S2. The van der Waals surface area contributed by atoms with Gasteiger partial charge in [0.2, 0.25) is 5.16 Å². The quantitative estimate of drug-likeness (QED) is 0.345. The number of aliphatic hydroxyl groups excluding tert-OH is 2. The Labute approximate surface area is 167 Å². The average Bonchev–Trinajstić information content (AvgIpc) is 3.08. The van der Waals surface area contributed by atoms with Crippen molar-refractivity contribution in [3.63, 3.8) is 0 Å². The van der Waals surface area contributed by atoms with Crippen LogP contribution in [0.1, 0.15) is 12.1 Å². The molecule has 11 heteroatoms. The van der Waals surface area contributed by atoms with Crippen LogP contribution >= 0.6 is 11.3 Å². The molecule has 9 nitrogen and oxygen atoms in total. The first kappa shape index (κ1) is 19.3. The van der Waals surface area contributed by atoms with Gasteiger partial charge < -0.3 is 20.6 Å². The van der Waals surface area contributed by atoms with E-state index in [1.54, 1.807) is 19.3 Å². The summed E-state index contributed by atoms with van der Waals surface area (Å²) in [5.41, 5.74) is 0.182.